The maximum atomic E-state index is 13.0. The first kappa shape index (κ1) is 23.8. The van der Waals surface area contributed by atoms with Crippen molar-refractivity contribution in [2.24, 2.45) is 0 Å². The normalized spacial score (nSPS) is 15.6. The molecule has 1 N–H and O–H groups in total. The average molecular weight is 465 g/mol. The van der Waals surface area contributed by atoms with E-state index < -0.39 is 22.0 Å². The molecule has 2 aromatic carbocycles. The summed E-state index contributed by atoms with van der Waals surface area (Å²) < 4.78 is 48.9. The maximum absolute atomic E-state index is 13.0. The number of carbonyl (C=O) groups excluding carboxylic acids is 1. The molecule has 1 saturated heterocycles. The number of nitrogens with zero attached hydrogens (tertiary/aromatic N) is 1. The minimum atomic E-state index is -3.73. The molecule has 1 atom stereocenters. The van der Waals surface area contributed by atoms with Crippen LogP contribution in [0.3, 0.4) is 0 Å². The van der Waals surface area contributed by atoms with Crippen LogP contribution >= 0.6 is 0 Å². The number of nitrogens with one attached hydrogen (secondary N) is 1. The lowest BCUT2D eigenvalue weighted by atomic mass is 10.2. The monoisotopic (exact) mass is 464 g/mol. The highest BCUT2D eigenvalue weighted by Gasteiger charge is 2.28. The lowest BCUT2D eigenvalue weighted by molar-refractivity contribution is -0.122. The maximum Gasteiger partial charge on any atom is 0.265 e. The van der Waals surface area contributed by atoms with E-state index in [9.17, 15) is 13.2 Å². The van der Waals surface area contributed by atoms with E-state index in [1.165, 1.54) is 29.6 Å². The van der Waals surface area contributed by atoms with E-state index in [4.69, 9.17) is 18.9 Å². The highest BCUT2D eigenvalue weighted by atomic mass is 32.2. The van der Waals surface area contributed by atoms with Gasteiger partial charge in [-0.25, -0.2) is 8.42 Å². The summed E-state index contributed by atoms with van der Waals surface area (Å²) in [5.74, 6) is 1.02. The fraction of sp³-hybridized carbons (Fsp3) is 0.409. The van der Waals surface area contributed by atoms with Gasteiger partial charge in [0.15, 0.2) is 6.10 Å². The van der Waals surface area contributed by atoms with Gasteiger partial charge in [-0.1, -0.05) is 13.0 Å². The first-order chi connectivity index (χ1) is 15.4. The molecule has 0 bridgehead atoms. The number of hydrogen-bond acceptors (Lipinski definition) is 7. The summed E-state index contributed by atoms with van der Waals surface area (Å²) in [5.41, 5.74) is 0.250. The second-order valence-electron chi connectivity index (χ2n) is 7.06. The van der Waals surface area contributed by atoms with Gasteiger partial charge in [-0.2, -0.15) is 4.31 Å². The Morgan fingerprint density at radius 2 is 1.81 bits per heavy atom. The first-order valence-corrected chi connectivity index (χ1v) is 11.7. The zero-order valence-electron chi connectivity index (χ0n) is 18.4. The minimum Gasteiger partial charge on any atom is -0.497 e. The molecule has 0 unspecified atom stereocenters. The predicted octanol–water partition coefficient (Wildman–Crippen LogP) is 2.52. The molecule has 0 aromatic heterocycles. The first-order valence-electron chi connectivity index (χ1n) is 10.3. The summed E-state index contributed by atoms with van der Waals surface area (Å²) in [6.45, 7) is 3.07. The Bertz CT molecular complexity index is 1040. The number of amides is 1. The van der Waals surface area contributed by atoms with Gasteiger partial charge in [0.2, 0.25) is 10.0 Å². The van der Waals surface area contributed by atoms with Crippen LogP contribution in [0, 0.1) is 0 Å². The highest BCUT2D eigenvalue weighted by molar-refractivity contribution is 7.89. The molecule has 1 fully saturated rings. The third-order valence-corrected chi connectivity index (χ3v) is 6.91. The second-order valence-corrected chi connectivity index (χ2v) is 9.00. The van der Waals surface area contributed by atoms with Crippen LogP contribution in [-0.4, -0.2) is 65.3 Å². The van der Waals surface area contributed by atoms with Crippen molar-refractivity contribution in [1.82, 2.24) is 4.31 Å². The third kappa shape index (κ3) is 5.50. The summed E-state index contributed by atoms with van der Waals surface area (Å²) in [6, 6.07) is 11.3. The standard InChI is InChI=1S/C22H28N2O7S/c1-4-20(31-17-7-5-6-16(14-17)28-2)22(25)23-19-15-18(8-9-21(19)29-3)32(26,27)24-10-12-30-13-11-24/h5-9,14-15,20H,4,10-13H2,1-3H3,(H,23,25)/t20-/m1/s1. The number of ether oxygens (including phenoxy) is 4. The van der Waals surface area contributed by atoms with Gasteiger partial charge in [0, 0.05) is 19.2 Å². The molecule has 0 spiro atoms. The van der Waals surface area contributed by atoms with Gasteiger partial charge < -0.3 is 24.3 Å². The number of hydrogen-bond donors (Lipinski definition) is 1. The Morgan fingerprint density at radius 1 is 1.09 bits per heavy atom. The van der Waals surface area contributed by atoms with Gasteiger partial charge in [0.05, 0.1) is 38.0 Å². The van der Waals surface area contributed by atoms with Crippen LogP contribution in [-0.2, 0) is 19.6 Å². The van der Waals surface area contributed by atoms with E-state index in [2.05, 4.69) is 5.32 Å². The topological polar surface area (TPSA) is 103 Å². The van der Waals surface area contributed by atoms with Crippen molar-refractivity contribution in [1.29, 1.82) is 0 Å². The number of benzene rings is 2. The SMILES string of the molecule is CC[C@@H](Oc1cccc(OC)c1)C(=O)Nc1cc(S(=O)(=O)N2CCOCC2)ccc1OC. The van der Waals surface area contributed by atoms with E-state index in [1.54, 1.807) is 31.4 Å². The number of methoxy groups -OCH3 is 2. The summed E-state index contributed by atoms with van der Waals surface area (Å²) in [7, 11) is -0.727. The lowest BCUT2D eigenvalue weighted by Crippen LogP contribution is -2.40. The zero-order valence-corrected chi connectivity index (χ0v) is 19.2. The Labute approximate surface area is 188 Å². The van der Waals surface area contributed by atoms with E-state index in [-0.39, 0.29) is 23.7 Å². The van der Waals surface area contributed by atoms with Crippen LogP contribution in [0.1, 0.15) is 13.3 Å². The molecule has 10 heteroatoms. The van der Waals surface area contributed by atoms with Crippen LogP contribution in [0.25, 0.3) is 0 Å². The van der Waals surface area contributed by atoms with E-state index in [0.29, 0.717) is 36.9 Å². The minimum absolute atomic E-state index is 0.0669. The Hall–Kier alpha value is -2.82. The second kappa shape index (κ2) is 10.7. The Balaban J connectivity index is 1.81. The molecule has 1 amide bonds. The van der Waals surface area contributed by atoms with Gasteiger partial charge >= 0.3 is 0 Å². The molecular formula is C22H28N2O7S. The summed E-state index contributed by atoms with van der Waals surface area (Å²) >= 11 is 0. The Kier molecular flexibility index (Phi) is 7.94. The Morgan fingerprint density at radius 3 is 2.47 bits per heavy atom. The number of rotatable bonds is 9. The number of carbonyl (C=O) groups is 1. The molecule has 0 radical (unpaired) electrons. The molecule has 174 valence electrons. The summed E-state index contributed by atoms with van der Waals surface area (Å²) in [6.07, 6.45) is -0.400. The number of morpholine rings is 1. The van der Waals surface area contributed by atoms with Crippen molar-refractivity contribution < 1.29 is 32.2 Å². The summed E-state index contributed by atoms with van der Waals surface area (Å²) in [4.78, 5) is 13.0. The molecule has 3 rings (SSSR count). The number of sulfonamides is 1. The largest absolute Gasteiger partial charge is 0.497 e. The van der Waals surface area contributed by atoms with Crippen LogP contribution in [0.15, 0.2) is 47.4 Å². The molecule has 0 saturated carbocycles. The average Bonchev–Trinajstić information content (AvgIpc) is 2.83. The van der Waals surface area contributed by atoms with Crippen molar-refractivity contribution in [3.8, 4) is 17.2 Å². The molecule has 1 aliphatic heterocycles. The van der Waals surface area contributed by atoms with Gasteiger partial charge in [-0.3, -0.25) is 4.79 Å². The fourth-order valence-electron chi connectivity index (χ4n) is 3.26. The van der Waals surface area contributed by atoms with Crippen molar-refractivity contribution in [2.45, 2.75) is 24.3 Å². The molecule has 2 aromatic rings. The van der Waals surface area contributed by atoms with Gasteiger partial charge in [0.25, 0.3) is 5.91 Å². The molecule has 9 nitrogen and oxygen atoms in total. The lowest BCUT2D eigenvalue weighted by Gasteiger charge is -2.26. The fourth-order valence-corrected chi connectivity index (χ4v) is 4.69. The van der Waals surface area contributed by atoms with E-state index in [0.717, 1.165) is 0 Å². The van der Waals surface area contributed by atoms with Crippen LogP contribution in [0.5, 0.6) is 17.2 Å². The van der Waals surface area contributed by atoms with Crippen LogP contribution in [0.2, 0.25) is 0 Å². The van der Waals surface area contributed by atoms with Crippen LogP contribution in [0.4, 0.5) is 5.69 Å². The van der Waals surface area contributed by atoms with Crippen molar-refractivity contribution >= 4 is 21.6 Å². The van der Waals surface area contributed by atoms with Crippen molar-refractivity contribution in [3.63, 3.8) is 0 Å². The highest BCUT2D eigenvalue weighted by Crippen LogP contribution is 2.30. The van der Waals surface area contributed by atoms with E-state index in [1.807, 2.05) is 6.92 Å². The summed E-state index contributed by atoms with van der Waals surface area (Å²) in [5, 5.41) is 2.75. The molecule has 1 aliphatic rings. The molecule has 32 heavy (non-hydrogen) atoms. The third-order valence-electron chi connectivity index (χ3n) is 5.02. The van der Waals surface area contributed by atoms with Crippen molar-refractivity contribution in [3.05, 3.63) is 42.5 Å². The quantitative estimate of drug-likeness (QED) is 0.608. The van der Waals surface area contributed by atoms with E-state index >= 15 is 0 Å². The zero-order chi connectivity index (χ0) is 23.1. The van der Waals surface area contributed by atoms with Gasteiger partial charge in [-0.05, 0) is 36.8 Å². The van der Waals surface area contributed by atoms with Gasteiger partial charge in [-0.15, -0.1) is 0 Å². The number of anilines is 1. The van der Waals surface area contributed by atoms with Crippen LogP contribution < -0.4 is 19.5 Å². The smallest absolute Gasteiger partial charge is 0.265 e. The van der Waals surface area contributed by atoms with Crippen molar-refractivity contribution in [2.75, 3.05) is 45.8 Å². The predicted molar refractivity (Wildman–Crippen MR) is 119 cm³/mol. The molecular weight excluding hydrogens is 436 g/mol. The van der Waals surface area contributed by atoms with Gasteiger partial charge in [0.1, 0.15) is 17.2 Å². The molecule has 0 aliphatic carbocycles. The molecule has 1 heterocycles.